The smallest absolute Gasteiger partial charge is 0.354 e. The van der Waals surface area contributed by atoms with Crippen molar-refractivity contribution in [2.45, 2.75) is 13.5 Å². The number of nitrogens with zero attached hydrogens (tertiary/aromatic N) is 1. The number of aromatic nitrogens is 1. The third-order valence-electron chi connectivity index (χ3n) is 2.26. The molecule has 0 aliphatic heterocycles. The number of carbonyl (C=O) groups excluding carboxylic acids is 1. The van der Waals surface area contributed by atoms with E-state index >= 15 is 0 Å². The van der Waals surface area contributed by atoms with Crippen LogP contribution in [0.2, 0.25) is 0 Å². The minimum Gasteiger partial charge on any atom is -0.461 e. The Bertz CT molecular complexity index is 518. The highest BCUT2D eigenvalue weighted by Gasteiger charge is 2.12. The van der Waals surface area contributed by atoms with Gasteiger partial charge in [-0.3, -0.25) is 0 Å². The Morgan fingerprint density at radius 3 is 3.06 bits per heavy atom. The maximum absolute atomic E-state index is 11.7. The summed E-state index contributed by atoms with van der Waals surface area (Å²) in [4.78, 5) is 12.9. The van der Waals surface area contributed by atoms with Crippen molar-refractivity contribution >= 4 is 33.2 Å². The fourth-order valence-corrected chi connectivity index (χ4v) is 3.00. The number of thiophene rings is 1. The van der Waals surface area contributed by atoms with E-state index in [1.165, 1.54) is 4.88 Å². The van der Waals surface area contributed by atoms with Gasteiger partial charge in [-0.2, -0.15) is 0 Å². The van der Waals surface area contributed by atoms with Crippen LogP contribution in [0.3, 0.4) is 0 Å². The molecule has 90 valence electrons. The van der Waals surface area contributed by atoms with Crippen LogP contribution in [0.1, 0.15) is 22.3 Å². The van der Waals surface area contributed by atoms with Crippen molar-refractivity contribution in [1.29, 1.82) is 0 Å². The second-order valence-corrected chi connectivity index (χ2v) is 5.38. The SMILES string of the molecule is CCOC(=O)c1cccn1Cc1cc(Br)cs1. The normalized spacial score (nSPS) is 10.5. The van der Waals surface area contributed by atoms with E-state index in [-0.39, 0.29) is 5.97 Å². The van der Waals surface area contributed by atoms with Crippen LogP contribution in [0, 0.1) is 0 Å². The Labute approximate surface area is 112 Å². The van der Waals surface area contributed by atoms with E-state index in [4.69, 9.17) is 4.74 Å². The molecule has 0 unspecified atom stereocenters. The molecule has 0 spiro atoms. The van der Waals surface area contributed by atoms with Crippen molar-refractivity contribution in [3.05, 3.63) is 44.8 Å². The predicted octanol–water partition coefficient (Wildman–Crippen LogP) is 3.54. The first-order valence-electron chi connectivity index (χ1n) is 5.26. The zero-order valence-electron chi connectivity index (χ0n) is 9.35. The number of carbonyl (C=O) groups is 1. The molecule has 0 bridgehead atoms. The summed E-state index contributed by atoms with van der Waals surface area (Å²) >= 11 is 5.08. The predicted molar refractivity (Wildman–Crippen MR) is 71.5 cm³/mol. The van der Waals surface area contributed by atoms with Crippen LogP contribution in [0.15, 0.2) is 34.2 Å². The molecule has 2 heterocycles. The van der Waals surface area contributed by atoms with E-state index < -0.39 is 0 Å². The zero-order chi connectivity index (χ0) is 12.3. The number of rotatable bonds is 4. The molecule has 0 aliphatic carbocycles. The summed E-state index contributed by atoms with van der Waals surface area (Å²) in [6, 6.07) is 5.69. The van der Waals surface area contributed by atoms with Gasteiger partial charge < -0.3 is 9.30 Å². The topological polar surface area (TPSA) is 31.2 Å². The van der Waals surface area contributed by atoms with Gasteiger partial charge in [-0.25, -0.2) is 4.79 Å². The van der Waals surface area contributed by atoms with E-state index in [9.17, 15) is 4.79 Å². The summed E-state index contributed by atoms with van der Waals surface area (Å²) in [6.07, 6.45) is 1.89. The molecule has 0 fully saturated rings. The van der Waals surface area contributed by atoms with Crippen LogP contribution >= 0.6 is 27.3 Å². The molecule has 0 amide bonds. The molecule has 0 saturated heterocycles. The monoisotopic (exact) mass is 313 g/mol. The molecular formula is C12H12BrNO2S. The molecule has 2 aromatic heterocycles. The molecule has 17 heavy (non-hydrogen) atoms. The molecule has 0 aliphatic rings. The lowest BCUT2D eigenvalue weighted by Gasteiger charge is -2.06. The molecular weight excluding hydrogens is 302 g/mol. The Morgan fingerprint density at radius 2 is 2.41 bits per heavy atom. The zero-order valence-corrected chi connectivity index (χ0v) is 11.8. The standard InChI is InChI=1S/C12H12BrNO2S/c1-2-16-12(15)11-4-3-5-14(11)7-10-6-9(13)8-17-10/h3-6,8H,2,7H2,1H3. The molecule has 0 aromatic carbocycles. The summed E-state index contributed by atoms with van der Waals surface area (Å²) in [5.74, 6) is -0.270. The van der Waals surface area contributed by atoms with Crippen molar-refractivity contribution in [3.63, 3.8) is 0 Å². The summed E-state index contributed by atoms with van der Waals surface area (Å²) in [7, 11) is 0. The fourth-order valence-electron chi connectivity index (χ4n) is 1.55. The van der Waals surface area contributed by atoms with Gasteiger partial charge in [-0.1, -0.05) is 0 Å². The van der Waals surface area contributed by atoms with Gasteiger partial charge in [-0.15, -0.1) is 11.3 Å². The minimum absolute atomic E-state index is 0.270. The highest BCUT2D eigenvalue weighted by molar-refractivity contribution is 9.10. The third kappa shape index (κ3) is 2.98. The van der Waals surface area contributed by atoms with E-state index in [1.807, 2.05) is 29.1 Å². The first kappa shape index (κ1) is 12.4. The Morgan fingerprint density at radius 1 is 1.59 bits per heavy atom. The Balaban J connectivity index is 2.16. The van der Waals surface area contributed by atoms with Crippen molar-refractivity contribution < 1.29 is 9.53 Å². The van der Waals surface area contributed by atoms with Gasteiger partial charge in [0.25, 0.3) is 0 Å². The van der Waals surface area contributed by atoms with E-state index in [0.29, 0.717) is 18.8 Å². The minimum atomic E-state index is -0.270. The average molecular weight is 314 g/mol. The van der Waals surface area contributed by atoms with Gasteiger partial charge in [0.1, 0.15) is 5.69 Å². The first-order valence-corrected chi connectivity index (χ1v) is 6.93. The van der Waals surface area contributed by atoms with Crippen LogP contribution < -0.4 is 0 Å². The lowest BCUT2D eigenvalue weighted by molar-refractivity contribution is 0.0514. The molecule has 2 aromatic rings. The quantitative estimate of drug-likeness (QED) is 0.808. The van der Waals surface area contributed by atoms with Crippen molar-refractivity contribution in [3.8, 4) is 0 Å². The molecule has 0 radical (unpaired) electrons. The van der Waals surface area contributed by atoms with Crippen molar-refractivity contribution in [1.82, 2.24) is 4.57 Å². The maximum Gasteiger partial charge on any atom is 0.354 e. The highest BCUT2D eigenvalue weighted by atomic mass is 79.9. The summed E-state index contributed by atoms with van der Waals surface area (Å²) in [5.41, 5.74) is 0.594. The second-order valence-electron chi connectivity index (χ2n) is 3.47. The lowest BCUT2D eigenvalue weighted by Crippen LogP contribution is -2.11. The van der Waals surface area contributed by atoms with Crippen LogP contribution in [0.5, 0.6) is 0 Å². The van der Waals surface area contributed by atoms with Gasteiger partial charge >= 0.3 is 5.97 Å². The van der Waals surface area contributed by atoms with Gasteiger partial charge in [-0.05, 0) is 41.1 Å². The lowest BCUT2D eigenvalue weighted by atomic mass is 10.4. The van der Waals surface area contributed by atoms with Crippen LogP contribution in [0.4, 0.5) is 0 Å². The summed E-state index contributed by atoms with van der Waals surface area (Å²) in [6.45, 7) is 2.90. The van der Waals surface area contributed by atoms with Gasteiger partial charge in [0.05, 0.1) is 13.2 Å². The van der Waals surface area contributed by atoms with Crippen LogP contribution in [-0.2, 0) is 11.3 Å². The maximum atomic E-state index is 11.7. The van der Waals surface area contributed by atoms with Gasteiger partial charge in [0.15, 0.2) is 0 Å². The Hall–Kier alpha value is -1.07. The van der Waals surface area contributed by atoms with E-state index in [2.05, 4.69) is 22.0 Å². The fraction of sp³-hybridized carbons (Fsp3) is 0.250. The number of halogens is 1. The average Bonchev–Trinajstić information content (AvgIpc) is 2.89. The van der Waals surface area contributed by atoms with Crippen molar-refractivity contribution in [2.24, 2.45) is 0 Å². The molecule has 0 N–H and O–H groups in total. The van der Waals surface area contributed by atoms with Gasteiger partial charge in [0.2, 0.25) is 0 Å². The van der Waals surface area contributed by atoms with E-state index in [0.717, 1.165) is 4.47 Å². The van der Waals surface area contributed by atoms with Crippen molar-refractivity contribution in [2.75, 3.05) is 6.61 Å². The molecule has 2 rings (SSSR count). The summed E-state index contributed by atoms with van der Waals surface area (Å²) < 4.78 is 7.97. The van der Waals surface area contributed by atoms with Crippen LogP contribution in [-0.4, -0.2) is 17.1 Å². The number of ether oxygens (including phenoxy) is 1. The number of hydrogen-bond acceptors (Lipinski definition) is 3. The van der Waals surface area contributed by atoms with Crippen LogP contribution in [0.25, 0.3) is 0 Å². The largest absolute Gasteiger partial charge is 0.461 e. The molecule has 0 saturated carbocycles. The second kappa shape index (κ2) is 5.51. The summed E-state index contributed by atoms with van der Waals surface area (Å²) in [5, 5.41) is 2.03. The molecule has 5 heteroatoms. The molecule has 0 atom stereocenters. The number of hydrogen-bond donors (Lipinski definition) is 0. The Kier molecular flexibility index (Phi) is 4.02. The first-order chi connectivity index (χ1) is 8.20. The highest BCUT2D eigenvalue weighted by Crippen LogP contribution is 2.21. The third-order valence-corrected chi connectivity index (χ3v) is 3.94. The van der Waals surface area contributed by atoms with E-state index in [1.54, 1.807) is 17.4 Å². The molecule has 3 nitrogen and oxygen atoms in total. The number of esters is 1. The van der Waals surface area contributed by atoms with Gasteiger partial charge in [0, 0.05) is 20.9 Å².